The van der Waals surface area contributed by atoms with Crippen LogP contribution in [0.15, 0.2) is 78.0 Å². The first-order valence-corrected chi connectivity index (χ1v) is 14.3. The highest BCUT2D eigenvalue weighted by Crippen LogP contribution is 2.31. The van der Waals surface area contributed by atoms with Gasteiger partial charge in [0.25, 0.3) is 0 Å². The molecule has 0 saturated carbocycles. The number of para-hydroxylation sites is 1. The summed E-state index contributed by atoms with van der Waals surface area (Å²) < 4.78 is 42.5. The first kappa shape index (κ1) is 29.2. The molecule has 0 atom stereocenters. The number of anilines is 1. The van der Waals surface area contributed by atoms with E-state index in [0.717, 1.165) is 58.2 Å². The van der Waals surface area contributed by atoms with Crippen LogP contribution in [0.1, 0.15) is 23.1 Å². The van der Waals surface area contributed by atoms with Crippen molar-refractivity contribution in [2.45, 2.75) is 33.1 Å². The van der Waals surface area contributed by atoms with Gasteiger partial charge in [-0.2, -0.15) is 4.99 Å². The number of aromatic nitrogens is 3. The fourth-order valence-electron chi connectivity index (χ4n) is 4.69. The molecule has 0 bridgehead atoms. The van der Waals surface area contributed by atoms with E-state index in [2.05, 4.69) is 56.0 Å². The molecular weight excluding hydrogens is 565 g/mol. The molecule has 2 heterocycles. The van der Waals surface area contributed by atoms with Crippen molar-refractivity contribution in [3.63, 3.8) is 0 Å². The molecule has 2 amide bonds. The third-order valence-corrected chi connectivity index (χ3v) is 7.60. The fourth-order valence-corrected chi connectivity index (χ4v) is 5.63. The number of nitrogens with zero attached hydrogens (tertiary/aromatic N) is 5. The van der Waals surface area contributed by atoms with Gasteiger partial charge in [0, 0.05) is 30.1 Å². The Morgan fingerprint density at radius 2 is 1.76 bits per heavy atom. The van der Waals surface area contributed by atoms with Gasteiger partial charge in [-0.1, -0.05) is 54.2 Å². The van der Waals surface area contributed by atoms with Crippen LogP contribution in [0.2, 0.25) is 0 Å². The van der Waals surface area contributed by atoms with E-state index in [1.165, 1.54) is 35.3 Å². The van der Waals surface area contributed by atoms with Crippen LogP contribution in [0.25, 0.3) is 17.1 Å². The van der Waals surface area contributed by atoms with Crippen LogP contribution in [-0.2, 0) is 6.42 Å². The normalized spacial score (nSPS) is 14.4. The Hall–Kier alpha value is -4.32. The SMILES string of the molecule is Cc1cccc(C)c1N1CCSC1=NC(=O)NCCCc1ccc(-c2ncn(-c3ccc(OC(F)(F)F)cc3)n2)cc1. The monoisotopic (exact) mass is 594 g/mol. The smallest absolute Gasteiger partial charge is 0.406 e. The molecule has 1 aromatic heterocycles. The van der Waals surface area contributed by atoms with Gasteiger partial charge in [0.15, 0.2) is 11.0 Å². The number of aliphatic imine (C=N–C) groups is 1. The highest BCUT2D eigenvalue weighted by atomic mass is 32.2. The topological polar surface area (TPSA) is 84.6 Å². The minimum absolute atomic E-state index is 0.303. The average Bonchev–Trinajstić information content (AvgIpc) is 3.62. The number of hydrogen-bond donors (Lipinski definition) is 1. The van der Waals surface area contributed by atoms with E-state index < -0.39 is 6.36 Å². The molecule has 0 aliphatic carbocycles. The number of amidine groups is 1. The lowest BCUT2D eigenvalue weighted by molar-refractivity contribution is -0.274. The molecule has 0 spiro atoms. The van der Waals surface area contributed by atoms with Crippen LogP contribution < -0.4 is 15.0 Å². The van der Waals surface area contributed by atoms with Crippen LogP contribution in [-0.4, -0.2) is 51.2 Å². The molecule has 5 rings (SSSR count). The maximum Gasteiger partial charge on any atom is 0.573 e. The maximum atomic E-state index is 12.5. The van der Waals surface area contributed by atoms with Gasteiger partial charge in [0.2, 0.25) is 0 Å². The van der Waals surface area contributed by atoms with E-state index in [-0.39, 0.29) is 11.8 Å². The summed E-state index contributed by atoms with van der Waals surface area (Å²) in [6.45, 7) is 5.47. The first-order valence-electron chi connectivity index (χ1n) is 13.4. The number of carbonyl (C=O) groups is 1. The van der Waals surface area contributed by atoms with Crippen molar-refractivity contribution in [3.8, 4) is 22.8 Å². The lowest BCUT2D eigenvalue weighted by Crippen LogP contribution is -2.29. The van der Waals surface area contributed by atoms with E-state index in [1.54, 1.807) is 11.8 Å². The molecule has 0 radical (unpaired) electrons. The quantitative estimate of drug-likeness (QED) is 0.229. The number of ether oxygens (including phenoxy) is 1. The first-order chi connectivity index (χ1) is 20.2. The van der Waals surface area contributed by atoms with Crippen molar-refractivity contribution in [1.29, 1.82) is 0 Å². The summed E-state index contributed by atoms with van der Waals surface area (Å²) >= 11 is 1.59. The number of amides is 2. The van der Waals surface area contributed by atoms with E-state index in [4.69, 9.17) is 0 Å². The third-order valence-electron chi connectivity index (χ3n) is 6.64. The Balaban J connectivity index is 1.11. The zero-order valence-corrected chi connectivity index (χ0v) is 23.9. The molecule has 1 aliphatic heterocycles. The number of rotatable bonds is 8. The van der Waals surface area contributed by atoms with Gasteiger partial charge < -0.3 is 15.0 Å². The Morgan fingerprint density at radius 1 is 1.05 bits per heavy atom. The lowest BCUT2D eigenvalue weighted by atomic mass is 10.1. The van der Waals surface area contributed by atoms with E-state index in [1.807, 2.05) is 30.3 Å². The minimum Gasteiger partial charge on any atom is -0.406 e. The second-order valence-corrected chi connectivity index (χ2v) is 10.8. The van der Waals surface area contributed by atoms with Crippen molar-refractivity contribution in [1.82, 2.24) is 20.1 Å². The Kier molecular flexibility index (Phi) is 8.81. The van der Waals surface area contributed by atoms with E-state index in [0.29, 0.717) is 18.1 Å². The third kappa shape index (κ3) is 7.30. The molecule has 42 heavy (non-hydrogen) atoms. The summed E-state index contributed by atoms with van der Waals surface area (Å²) in [7, 11) is 0. The van der Waals surface area contributed by atoms with Crippen LogP contribution >= 0.6 is 11.8 Å². The van der Waals surface area contributed by atoms with Crippen molar-refractivity contribution < 1.29 is 22.7 Å². The predicted molar refractivity (Wildman–Crippen MR) is 158 cm³/mol. The van der Waals surface area contributed by atoms with Gasteiger partial charge in [-0.05, 0) is 67.6 Å². The predicted octanol–water partition coefficient (Wildman–Crippen LogP) is 6.70. The molecule has 4 aromatic rings. The number of nitrogens with one attached hydrogen (secondary N) is 1. The summed E-state index contributed by atoms with van der Waals surface area (Å²) in [6.07, 6.45) is -1.71. The zero-order chi connectivity index (χ0) is 29.7. The molecule has 1 saturated heterocycles. The summed E-state index contributed by atoms with van der Waals surface area (Å²) in [5.74, 6) is 1.07. The van der Waals surface area contributed by atoms with Crippen molar-refractivity contribution in [3.05, 3.63) is 89.7 Å². The second kappa shape index (κ2) is 12.7. The molecule has 1 N–H and O–H groups in total. The number of hydrogen-bond acceptors (Lipinski definition) is 5. The van der Waals surface area contributed by atoms with Crippen molar-refractivity contribution in [2.75, 3.05) is 23.7 Å². The summed E-state index contributed by atoms with van der Waals surface area (Å²) in [5, 5.41) is 8.06. The highest BCUT2D eigenvalue weighted by molar-refractivity contribution is 8.14. The van der Waals surface area contributed by atoms with Crippen molar-refractivity contribution in [2.24, 2.45) is 4.99 Å². The Labute approximate surface area is 245 Å². The van der Waals surface area contributed by atoms with Gasteiger partial charge in [0.1, 0.15) is 12.1 Å². The van der Waals surface area contributed by atoms with Crippen LogP contribution in [0.3, 0.4) is 0 Å². The fraction of sp³-hybridized carbons (Fsp3) is 0.267. The van der Waals surface area contributed by atoms with Gasteiger partial charge in [-0.3, -0.25) is 0 Å². The molecule has 3 aromatic carbocycles. The Bertz CT molecular complexity index is 1550. The minimum atomic E-state index is -4.74. The molecular formula is C30H29F3N6O2S. The van der Waals surface area contributed by atoms with Crippen LogP contribution in [0.4, 0.5) is 23.7 Å². The molecule has 1 fully saturated rings. The molecule has 8 nitrogen and oxygen atoms in total. The van der Waals surface area contributed by atoms with Crippen LogP contribution in [0, 0.1) is 13.8 Å². The Morgan fingerprint density at radius 3 is 2.45 bits per heavy atom. The number of thioether (sulfide) groups is 1. The van der Waals surface area contributed by atoms with E-state index in [9.17, 15) is 18.0 Å². The van der Waals surface area contributed by atoms with Gasteiger partial charge in [0.05, 0.1) is 5.69 Å². The second-order valence-electron chi connectivity index (χ2n) is 9.72. The molecule has 218 valence electrons. The molecule has 12 heteroatoms. The summed E-state index contributed by atoms with van der Waals surface area (Å²) in [4.78, 5) is 23.3. The standard InChI is InChI=1S/C30H29F3N6O2S/c1-20-5-3-6-21(2)26(20)38-17-18-42-29(38)36-28(40)34-16-4-7-22-8-10-23(11-9-22)27-35-19-39(37-27)24-12-14-25(15-13-24)41-30(31,32)33/h3,5-6,8-15,19H,4,7,16-18H2,1-2H3,(H,34,40). The van der Waals surface area contributed by atoms with Crippen molar-refractivity contribution >= 4 is 28.6 Å². The number of urea groups is 1. The van der Waals surface area contributed by atoms with Gasteiger partial charge in [-0.15, -0.1) is 18.3 Å². The largest absolute Gasteiger partial charge is 0.573 e. The highest BCUT2D eigenvalue weighted by Gasteiger charge is 2.31. The molecule has 0 unspecified atom stereocenters. The van der Waals surface area contributed by atoms with Gasteiger partial charge in [-0.25, -0.2) is 14.5 Å². The number of aryl methyl sites for hydroxylation is 3. The number of benzene rings is 3. The van der Waals surface area contributed by atoms with Crippen LogP contribution in [0.5, 0.6) is 5.75 Å². The summed E-state index contributed by atoms with van der Waals surface area (Å²) in [6, 6.07) is 19.0. The van der Waals surface area contributed by atoms with Gasteiger partial charge >= 0.3 is 12.4 Å². The number of halogens is 3. The lowest BCUT2D eigenvalue weighted by Gasteiger charge is -2.22. The average molecular weight is 595 g/mol. The zero-order valence-electron chi connectivity index (χ0n) is 23.1. The maximum absolute atomic E-state index is 12.5. The van der Waals surface area contributed by atoms with E-state index >= 15 is 0 Å². The summed E-state index contributed by atoms with van der Waals surface area (Å²) in [5.41, 5.74) is 5.90. The number of carbonyl (C=O) groups excluding carboxylic acids is 1. The number of alkyl halides is 3. The molecule has 1 aliphatic rings.